The van der Waals surface area contributed by atoms with Gasteiger partial charge in [0.1, 0.15) is 6.54 Å². The summed E-state index contributed by atoms with van der Waals surface area (Å²) in [5.41, 5.74) is -0.0897. The Morgan fingerprint density at radius 3 is 2.52 bits per heavy atom. The van der Waals surface area contributed by atoms with Gasteiger partial charge in [0, 0.05) is 6.07 Å². The number of anilines is 1. The highest BCUT2D eigenvalue weighted by molar-refractivity contribution is 5.91. The van der Waals surface area contributed by atoms with Crippen molar-refractivity contribution >= 4 is 17.3 Å². The number of nitro benzene ring substituents is 1. The van der Waals surface area contributed by atoms with Gasteiger partial charge in [0.2, 0.25) is 0 Å². The molecule has 132 valence electrons. The van der Waals surface area contributed by atoms with Crippen LogP contribution in [0.3, 0.4) is 0 Å². The predicted molar refractivity (Wildman–Crippen MR) is 83.5 cm³/mol. The molecule has 0 bridgehead atoms. The van der Waals surface area contributed by atoms with E-state index in [0.29, 0.717) is 16.5 Å². The molecule has 0 saturated heterocycles. The average molecular weight is 354 g/mol. The number of rotatable bonds is 6. The first kappa shape index (κ1) is 18.4. The van der Waals surface area contributed by atoms with Crippen molar-refractivity contribution in [2.45, 2.75) is 6.54 Å². The van der Waals surface area contributed by atoms with Gasteiger partial charge in [-0.3, -0.25) is 14.9 Å². The summed E-state index contributed by atoms with van der Waals surface area (Å²) in [5, 5.41) is 13.1. The smallest absolute Gasteiger partial charge is 0.279 e. The minimum absolute atomic E-state index is 0.0612. The van der Waals surface area contributed by atoms with Crippen molar-refractivity contribution in [1.29, 1.82) is 0 Å². The summed E-state index contributed by atoms with van der Waals surface area (Å²) in [7, 11) is 1.62. The van der Waals surface area contributed by atoms with Crippen molar-refractivity contribution < 1.29 is 27.8 Å². The van der Waals surface area contributed by atoms with Crippen molar-refractivity contribution in [3.63, 3.8) is 0 Å². The van der Waals surface area contributed by atoms with Crippen molar-refractivity contribution in [3.05, 3.63) is 69.5 Å². The molecular formula is C16H15F3N3O3+. The van der Waals surface area contributed by atoms with E-state index in [-0.39, 0.29) is 18.8 Å². The van der Waals surface area contributed by atoms with E-state index in [1.807, 2.05) is 0 Å². The highest BCUT2D eigenvalue weighted by Gasteiger charge is 2.20. The first-order valence-electron chi connectivity index (χ1n) is 7.26. The molecular weight excluding hydrogens is 339 g/mol. The molecule has 6 nitrogen and oxygen atoms in total. The number of amides is 1. The summed E-state index contributed by atoms with van der Waals surface area (Å²) < 4.78 is 39.5. The third kappa shape index (κ3) is 4.54. The number of nitrogens with zero attached hydrogens (tertiary/aromatic N) is 1. The van der Waals surface area contributed by atoms with Crippen LogP contribution in [0, 0.1) is 27.6 Å². The Hall–Kier alpha value is -2.94. The molecule has 1 unspecified atom stereocenters. The average Bonchev–Trinajstić information content (AvgIpc) is 2.55. The van der Waals surface area contributed by atoms with Gasteiger partial charge in [0.15, 0.2) is 24.0 Å². The van der Waals surface area contributed by atoms with Gasteiger partial charge in [0.25, 0.3) is 11.6 Å². The molecule has 0 aliphatic heterocycles. The van der Waals surface area contributed by atoms with Gasteiger partial charge in [-0.1, -0.05) is 12.1 Å². The highest BCUT2D eigenvalue weighted by Crippen LogP contribution is 2.19. The summed E-state index contributed by atoms with van der Waals surface area (Å²) in [6, 6.07) is 7.75. The van der Waals surface area contributed by atoms with Crippen molar-refractivity contribution in [2.24, 2.45) is 0 Å². The van der Waals surface area contributed by atoms with E-state index >= 15 is 0 Å². The van der Waals surface area contributed by atoms with Crippen molar-refractivity contribution in [1.82, 2.24) is 0 Å². The first-order chi connectivity index (χ1) is 11.8. The van der Waals surface area contributed by atoms with Crippen LogP contribution in [0.25, 0.3) is 0 Å². The fourth-order valence-electron chi connectivity index (χ4n) is 2.32. The van der Waals surface area contributed by atoms with Gasteiger partial charge < -0.3 is 10.2 Å². The third-order valence-electron chi connectivity index (χ3n) is 3.45. The lowest BCUT2D eigenvalue weighted by Crippen LogP contribution is -3.08. The minimum Gasteiger partial charge on any atom is -0.326 e. The maximum atomic E-state index is 13.5. The maximum absolute atomic E-state index is 13.5. The van der Waals surface area contributed by atoms with Gasteiger partial charge in [-0.2, -0.15) is 0 Å². The molecule has 0 fully saturated rings. The fraction of sp³-hybridized carbons (Fsp3) is 0.188. The van der Waals surface area contributed by atoms with Crippen LogP contribution in [-0.4, -0.2) is 24.4 Å². The fourth-order valence-corrected chi connectivity index (χ4v) is 2.32. The Morgan fingerprint density at radius 1 is 1.16 bits per heavy atom. The van der Waals surface area contributed by atoms with E-state index in [1.165, 1.54) is 12.1 Å². The van der Waals surface area contributed by atoms with Crippen LogP contribution in [0.2, 0.25) is 0 Å². The third-order valence-corrected chi connectivity index (χ3v) is 3.45. The summed E-state index contributed by atoms with van der Waals surface area (Å²) >= 11 is 0. The lowest BCUT2D eigenvalue weighted by atomic mass is 10.1. The number of benzene rings is 2. The van der Waals surface area contributed by atoms with Gasteiger partial charge in [0.05, 0.1) is 23.2 Å². The van der Waals surface area contributed by atoms with Crippen molar-refractivity contribution in [3.8, 4) is 0 Å². The number of nitro groups is 1. The van der Waals surface area contributed by atoms with Gasteiger partial charge in [-0.05, 0) is 18.2 Å². The molecule has 0 aromatic heterocycles. The number of quaternary nitrogens is 1. The molecule has 9 heteroatoms. The zero-order valence-electron chi connectivity index (χ0n) is 13.2. The van der Waals surface area contributed by atoms with Gasteiger partial charge in [-0.25, -0.2) is 13.2 Å². The summed E-state index contributed by atoms with van der Waals surface area (Å²) in [4.78, 5) is 23.0. The van der Waals surface area contributed by atoms with Gasteiger partial charge >= 0.3 is 0 Å². The Bertz CT molecular complexity index is 814. The maximum Gasteiger partial charge on any atom is 0.279 e. The molecule has 0 aliphatic carbocycles. The molecule has 2 rings (SSSR count). The van der Waals surface area contributed by atoms with E-state index in [9.17, 15) is 28.1 Å². The van der Waals surface area contributed by atoms with E-state index in [4.69, 9.17) is 0 Å². The number of carbonyl (C=O) groups excluding carboxylic acids is 1. The monoisotopic (exact) mass is 354 g/mol. The second kappa shape index (κ2) is 7.75. The standard InChI is InChI=1S/C16H14F3N3O3/c1-21(8-10-4-2-3-5-13(10)22(24)25)9-14(23)20-12-7-6-11(17)15(18)16(12)19/h2-7H,8-9H2,1H3,(H,20,23)/p+1. The largest absolute Gasteiger partial charge is 0.326 e. The van der Waals surface area contributed by atoms with E-state index in [0.717, 1.165) is 6.07 Å². The number of para-hydroxylation sites is 1. The Labute approximate surface area is 141 Å². The number of carbonyl (C=O) groups is 1. The Kier molecular flexibility index (Phi) is 5.71. The number of hydrogen-bond acceptors (Lipinski definition) is 3. The number of hydrogen-bond donors (Lipinski definition) is 2. The molecule has 0 saturated carbocycles. The Balaban J connectivity index is 2.02. The number of nitrogens with one attached hydrogen (secondary N) is 2. The molecule has 0 heterocycles. The second-order valence-corrected chi connectivity index (χ2v) is 5.47. The molecule has 25 heavy (non-hydrogen) atoms. The Morgan fingerprint density at radius 2 is 1.84 bits per heavy atom. The van der Waals surface area contributed by atoms with Crippen molar-refractivity contribution in [2.75, 3.05) is 18.9 Å². The van der Waals surface area contributed by atoms with Crippen LogP contribution in [0.4, 0.5) is 24.5 Å². The predicted octanol–water partition coefficient (Wildman–Crippen LogP) is 1.67. The first-order valence-corrected chi connectivity index (χ1v) is 7.26. The zero-order chi connectivity index (χ0) is 18.6. The summed E-state index contributed by atoms with van der Waals surface area (Å²) in [6.45, 7) is 0.0370. The van der Waals surface area contributed by atoms with Crippen LogP contribution >= 0.6 is 0 Å². The zero-order valence-corrected chi connectivity index (χ0v) is 13.2. The van der Waals surface area contributed by atoms with Crippen LogP contribution in [-0.2, 0) is 11.3 Å². The molecule has 0 aliphatic rings. The van der Waals surface area contributed by atoms with E-state index in [1.54, 1.807) is 19.2 Å². The minimum atomic E-state index is -1.67. The summed E-state index contributed by atoms with van der Waals surface area (Å²) in [6.07, 6.45) is 0. The number of likely N-dealkylation sites (N-methyl/N-ethyl adjacent to an activating group) is 1. The molecule has 2 aromatic carbocycles. The quantitative estimate of drug-likeness (QED) is 0.471. The highest BCUT2D eigenvalue weighted by atomic mass is 19.2. The molecule has 2 N–H and O–H groups in total. The van der Waals surface area contributed by atoms with Crippen LogP contribution in [0.5, 0.6) is 0 Å². The van der Waals surface area contributed by atoms with Gasteiger partial charge in [-0.15, -0.1) is 0 Å². The number of halogens is 3. The molecule has 1 amide bonds. The topological polar surface area (TPSA) is 76.7 Å². The summed E-state index contributed by atoms with van der Waals surface area (Å²) in [5.74, 6) is -5.14. The van der Waals surface area contributed by atoms with Crippen LogP contribution in [0.1, 0.15) is 5.56 Å². The van der Waals surface area contributed by atoms with Crippen LogP contribution < -0.4 is 10.2 Å². The molecule has 0 radical (unpaired) electrons. The molecule has 0 spiro atoms. The SMILES string of the molecule is C[NH+](CC(=O)Nc1ccc(F)c(F)c1F)Cc1ccccc1[N+](=O)[O-]. The molecule has 2 aromatic rings. The molecule has 1 atom stereocenters. The second-order valence-electron chi connectivity index (χ2n) is 5.47. The lowest BCUT2D eigenvalue weighted by molar-refractivity contribution is -0.885. The van der Waals surface area contributed by atoms with E-state index < -0.39 is 34.0 Å². The normalized spacial score (nSPS) is 11.8. The lowest BCUT2D eigenvalue weighted by Gasteiger charge is -2.14. The van der Waals surface area contributed by atoms with E-state index in [2.05, 4.69) is 5.32 Å². The van der Waals surface area contributed by atoms with Crippen LogP contribution in [0.15, 0.2) is 36.4 Å².